The maximum absolute atomic E-state index is 12.2. The van der Waals surface area contributed by atoms with E-state index in [0.717, 1.165) is 15.0 Å². The Labute approximate surface area is 145 Å². The van der Waals surface area contributed by atoms with Crippen molar-refractivity contribution in [2.24, 2.45) is 0 Å². The van der Waals surface area contributed by atoms with Crippen molar-refractivity contribution in [2.75, 3.05) is 11.9 Å². The zero-order valence-corrected chi connectivity index (χ0v) is 14.4. The van der Waals surface area contributed by atoms with Crippen molar-refractivity contribution in [1.82, 2.24) is 10.3 Å². The van der Waals surface area contributed by atoms with Crippen molar-refractivity contribution in [3.8, 4) is 0 Å². The highest BCUT2D eigenvalue weighted by Gasteiger charge is 2.17. The Kier molecular flexibility index (Phi) is 4.61. The van der Waals surface area contributed by atoms with Gasteiger partial charge in [-0.2, -0.15) is 0 Å². The van der Waals surface area contributed by atoms with E-state index in [0.29, 0.717) is 15.0 Å². The van der Waals surface area contributed by atoms with Gasteiger partial charge in [0, 0.05) is 21.2 Å². The van der Waals surface area contributed by atoms with Crippen LogP contribution in [0.4, 0.5) is 5.13 Å². The van der Waals surface area contributed by atoms with Crippen LogP contribution in [0.2, 0.25) is 5.02 Å². The van der Waals surface area contributed by atoms with Crippen LogP contribution < -0.4 is 10.6 Å². The molecule has 2 aromatic heterocycles. The maximum Gasteiger partial charge on any atom is 0.263 e. The van der Waals surface area contributed by atoms with Gasteiger partial charge in [-0.15, -0.1) is 22.7 Å². The molecule has 2 heterocycles. The van der Waals surface area contributed by atoms with E-state index < -0.39 is 0 Å². The van der Waals surface area contributed by atoms with E-state index in [9.17, 15) is 9.59 Å². The molecule has 8 heteroatoms. The van der Waals surface area contributed by atoms with Crippen LogP contribution in [-0.2, 0) is 4.79 Å². The number of fused-ring (bicyclic) bond motifs is 1. The van der Waals surface area contributed by atoms with Crippen LogP contribution in [-0.4, -0.2) is 23.3 Å². The number of amides is 2. The molecule has 5 nitrogen and oxygen atoms in total. The summed E-state index contributed by atoms with van der Waals surface area (Å²) in [5, 5.41) is 6.99. The van der Waals surface area contributed by atoms with E-state index in [1.807, 2.05) is 31.2 Å². The standard InChI is InChI=1S/C15H12ClN3O2S2/c1-8-6-18-15(22-8)19-11(20)7-17-14(21)13-12(16)9-4-2-3-5-10(9)23-13/h2-6H,7H2,1H3,(H,17,21)(H,18,19,20). The molecule has 0 saturated carbocycles. The molecular formula is C15H12ClN3O2S2. The van der Waals surface area contributed by atoms with Crippen LogP contribution in [0.25, 0.3) is 10.1 Å². The molecule has 1 aromatic carbocycles. The average Bonchev–Trinajstić information content (AvgIpc) is 3.09. The van der Waals surface area contributed by atoms with E-state index in [2.05, 4.69) is 15.6 Å². The molecular weight excluding hydrogens is 354 g/mol. The number of carbonyl (C=O) groups excluding carboxylic acids is 2. The second kappa shape index (κ2) is 6.66. The van der Waals surface area contributed by atoms with E-state index in [1.54, 1.807) is 6.20 Å². The summed E-state index contributed by atoms with van der Waals surface area (Å²) >= 11 is 8.92. The molecule has 23 heavy (non-hydrogen) atoms. The van der Waals surface area contributed by atoms with Gasteiger partial charge in [0.05, 0.1) is 11.6 Å². The first-order valence-electron chi connectivity index (χ1n) is 6.72. The van der Waals surface area contributed by atoms with Gasteiger partial charge >= 0.3 is 0 Å². The van der Waals surface area contributed by atoms with Gasteiger partial charge in [0.2, 0.25) is 5.91 Å². The number of hydrogen-bond donors (Lipinski definition) is 2. The minimum absolute atomic E-state index is 0.137. The van der Waals surface area contributed by atoms with Crippen molar-refractivity contribution < 1.29 is 9.59 Å². The Hall–Kier alpha value is -1.96. The molecule has 0 radical (unpaired) electrons. The van der Waals surface area contributed by atoms with E-state index in [-0.39, 0.29) is 18.4 Å². The molecule has 3 aromatic rings. The number of thiazole rings is 1. The predicted octanol–water partition coefficient (Wildman–Crippen LogP) is 3.69. The van der Waals surface area contributed by atoms with Crippen LogP contribution in [0.5, 0.6) is 0 Å². The zero-order valence-electron chi connectivity index (χ0n) is 12.1. The lowest BCUT2D eigenvalue weighted by Crippen LogP contribution is -2.32. The number of nitrogens with zero attached hydrogens (tertiary/aromatic N) is 1. The van der Waals surface area contributed by atoms with Crippen molar-refractivity contribution in [3.63, 3.8) is 0 Å². The van der Waals surface area contributed by atoms with Gasteiger partial charge in [0.15, 0.2) is 5.13 Å². The number of hydrogen-bond acceptors (Lipinski definition) is 5. The first-order valence-corrected chi connectivity index (χ1v) is 8.73. The van der Waals surface area contributed by atoms with Crippen molar-refractivity contribution in [2.45, 2.75) is 6.92 Å². The number of rotatable bonds is 4. The minimum Gasteiger partial charge on any atom is -0.342 e. The topological polar surface area (TPSA) is 71.1 Å². The number of nitrogens with one attached hydrogen (secondary N) is 2. The lowest BCUT2D eigenvalue weighted by Gasteiger charge is -2.04. The summed E-state index contributed by atoms with van der Waals surface area (Å²) in [7, 11) is 0. The molecule has 0 aliphatic carbocycles. The van der Waals surface area contributed by atoms with Crippen molar-refractivity contribution >= 4 is 61.3 Å². The molecule has 0 unspecified atom stereocenters. The van der Waals surface area contributed by atoms with Crippen LogP contribution in [0, 0.1) is 6.92 Å². The fourth-order valence-electron chi connectivity index (χ4n) is 1.98. The number of carbonyl (C=O) groups is 2. The summed E-state index contributed by atoms with van der Waals surface area (Å²) in [5.41, 5.74) is 0. The smallest absolute Gasteiger partial charge is 0.263 e. The Balaban J connectivity index is 1.64. The van der Waals surface area contributed by atoms with Crippen LogP contribution in [0.15, 0.2) is 30.5 Å². The molecule has 0 spiro atoms. The third-order valence-electron chi connectivity index (χ3n) is 3.02. The fourth-order valence-corrected chi connectivity index (χ4v) is 4.09. The Morgan fingerprint density at radius 3 is 2.74 bits per heavy atom. The van der Waals surface area contributed by atoms with Gasteiger partial charge in [0.1, 0.15) is 4.88 Å². The van der Waals surface area contributed by atoms with Gasteiger partial charge in [-0.3, -0.25) is 9.59 Å². The number of anilines is 1. The van der Waals surface area contributed by atoms with Gasteiger partial charge < -0.3 is 10.6 Å². The molecule has 2 N–H and O–H groups in total. The van der Waals surface area contributed by atoms with Gasteiger partial charge in [-0.1, -0.05) is 29.8 Å². The Bertz CT molecular complexity index is 888. The van der Waals surface area contributed by atoms with E-state index >= 15 is 0 Å². The number of aromatic nitrogens is 1. The largest absolute Gasteiger partial charge is 0.342 e. The number of benzene rings is 1. The lowest BCUT2D eigenvalue weighted by atomic mass is 10.2. The third-order valence-corrected chi connectivity index (χ3v) is 5.52. The predicted molar refractivity (Wildman–Crippen MR) is 94.6 cm³/mol. The van der Waals surface area contributed by atoms with Crippen molar-refractivity contribution in [1.29, 1.82) is 0 Å². The van der Waals surface area contributed by atoms with Gasteiger partial charge in [-0.05, 0) is 13.0 Å². The first-order chi connectivity index (χ1) is 11.0. The monoisotopic (exact) mass is 365 g/mol. The quantitative estimate of drug-likeness (QED) is 0.740. The number of aryl methyl sites for hydroxylation is 1. The second-order valence-electron chi connectivity index (χ2n) is 4.75. The second-order valence-corrected chi connectivity index (χ2v) is 7.41. The Morgan fingerprint density at radius 1 is 1.26 bits per heavy atom. The third kappa shape index (κ3) is 3.52. The highest BCUT2D eigenvalue weighted by molar-refractivity contribution is 7.21. The normalized spacial score (nSPS) is 10.7. The maximum atomic E-state index is 12.2. The molecule has 0 aliphatic rings. The summed E-state index contributed by atoms with van der Waals surface area (Å²) in [6, 6.07) is 7.52. The summed E-state index contributed by atoms with van der Waals surface area (Å²) in [5.74, 6) is -0.688. The van der Waals surface area contributed by atoms with Gasteiger partial charge in [-0.25, -0.2) is 4.98 Å². The first kappa shape index (κ1) is 15.9. The fraction of sp³-hybridized carbons (Fsp3) is 0.133. The summed E-state index contributed by atoms with van der Waals surface area (Å²) < 4.78 is 0.936. The van der Waals surface area contributed by atoms with Crippen molar-refractivity contribution in [3.05, 3.63) is 45.2 Å². The number of halogens is 1. The molecule has 0 fully saturated rings. The van der Waals surface area contributed by atoms with Crippen LogP contribution in [0.1, 0.15) is 14.5 Å². The highest BCUT2D eigenvalue weighted by atomic mass is 35.5. The lowest BCUT2D eigenvalue weighted by molar-refractivity contribution is -0.115. The molecule has 0 atom stereocenters. The SMILES string of the molecule is Cc1cnc(NC(=O)CNC(=O)c2sc3ccccc3c2Cl)s1. The van der Waals surface area contributed by atoms with E-state index in [1.165, 1.54) is 22.7 Å². The highest BCUT2D eigenvalue weighted by Crippen LogP contribution is 2.34. The molecule has 2 amide bonds. The average molecular weight is 366 g/mol. The minimum atomic E-state index is -0.360. The zero-order chi connectivity index (χ0) is 16.4. The summed E-state index contributed by atoms with van der Waals surface area (Å²) in [6.07, 6.45) is 1.68. The summed E-state index contributed by atoms with van der Waals surface area (Å²) in [6.45, 7) is 1.76. The Morgan fingerprint density at radius 2 is 2.04 bits per heavy atom. The van der Waals surface area contributed by atoms with Crippen LogP contribution in [0.3, 0.4) is 0 Å². The molecule has 118 valence electrons. The number of thiophene rings is 1. The van der Waals surface area contributed by atoms with Crippen LogP contribution >= 0.6 is 34.3 Å². The molecule has 0 aliphatic heterocycles. The van der Waals surface area contributed by atoms with E-state index in [4.69, 9.17) is 11.6 Å². The molecule has 3 rings (SSSR count). The summed E-state index contributed by atoms with van der Waals surface area (Å²) in [4.78, 5) is 29.5. The molecule has 0 saturated heterocycles. The molecule has 0 bridgehead atoms. The van der Waals surface area contributed by atoms with Gasteiger partial charge in [0.25, 0.3) is 5.91 Å².